The van der Waals surface area contributed by atoms with Crippen LogP contribution in [0.2, 0.25) is 0 Å². The molecule has 21 heavy (non-hydrogen) atoms. The van der Waals surface area contributed by atoms with Crippen molar-refractivity contribution in [3.63, 3.8) is 0 Å². The zero-order valence-corrected chi connectivity index (χ0v) is 15.9. The predicted molar refractivity (Wildman–Crippen MR) is 58.0 cm³/mol. The van der Waals surface area contributed by atoms with Crippen molar-refractivity contribution in [2.75, 3.05) is 0 Å². The molecule has 14 heteroatoms. The molecular formula is C7H8Ca2O11P+. The van der Waals surface area contributed by atoms with Crippen molar-refractivity contribution in [1.82, 2.24) is 0 Å². The summed E-state index contributed by atoms with van der Waals surface area (Å²) in [5.41, 5.74) is -2.97. The van der Waals surface area contributed by atoms with E-state index in [1.165, 1.54) is 0 Å². The third-order valence-electron chi connectivity index (χ3n) is 1.25. The van der Waals surface area contributed by atoms with Gasteiger partial charge in [0.25, 0.3) is 0 Å². The third kappa shape index (κ3) is 25.7. The SMILES string of the molecule is O=C([O-])CC(O)(CC(=O)[O-])C(=O)[O-].O=C[O-].O=[PH+]O.[Ca+2].[Ca+2]. The Hall–Kier alpha value is 0.419. The van der Waals surface area contributed by atoms with E-state index in [0.29, 0.717) is 0 Å². The van der Waals surface area contributed by atoms with Crippen molar-refractivity contribution in [1.29, 1.82) is 0 Å². The quantitative estimate of drug-likeness (QED) is 0.259. The van der Waals surface area contributed by atoms with E-state index in [2.05, 4.69) is 0 Å². The Kier molecular flexibility index (Phi) is 32.2. The Balaban J connectivity index is -0.0000000919. The van der Waals surface area contributed by atoms with Crippen molar-refractivity contribution >= 4 is 109 Å². The van der Waals surface area contributed by atoms with Crippen molar-refractivity contribution in [3.05, 3.63) is 0 Å². The van der Waals surface area contributed by atoms with E-state index in [9.17, 15) is 29.7 Å². The van der Waals surface area contributed by atoms with Gasteiger partial charge in [-0.3, -0.25) is 0 Å². The topological polar surface area (TPSA) is 218 Å². The fourth-order valence-electron chi connectivity index (χ4n) is 0.684. The fraction of sp³-hybridized carbons (Fsp3) is 0.429. The Morgan fingerprint density at radius 1 is 1.05 bits per heavy atom. The van der Waals surface area contributed by atoms with Gasteiger partial charge in [0.15, 0.2) is 0 Å². The summed E-state index contributed by atoms with van der Waals surface area (Å²) < 4.78 is 8.51. The minimum Gasteiger partial charge on any atom is -0.554 e. The molecule has 0 bridgehead atoms. The molecule has 1 atom stereocenters. The van der Waals surface area contributed by atoms with Crippen molar-refractivity contribution in [3.8, 4) is 0 Å². The molecule has 0 aliphatic carbocycles. The molecule has 0 amide bonds. The second-order valence-electron chi connectivity index (χ2n) is 2.60. The average Bonchev–Trinajstić information content (AvgIpc) is 2.16. The maximum Gasteiger partial charge on any atom is 2.00 e. The maximum absolute atomic E-state index is 10.1. The van der Waals surface area contributed by atoms with Gasteiger partial charge in [0.05, 0.1) is 5.97 Å². The standard InChI is InChI=1S/C6H8O7.CH2O2.2Ca.HO2P/c7-3(8)1-6(13,5(11)12)2-4(9)10;2-1-3;;;1-3-2/h13H,1-2H2,(H,7,8)(H,9,10)(H,11,12);1H,(H,2,3);;;3H/q;;2*+2;/p-3. The summed E-state index contributed by atoms with van der Waals surface area (Å²) in [6.45, 7) is -0.500. The number of aliphatic carboxylic acids is 3. The van der Waals surface area contributed by atoms with Crippen molar-refractivity contribution in [2.24, 2.45) is 0 Å². The maximum atomic E-state index is 10.1. The van der Waals surface area contributed by atoms with E-state index in [-0.39, 0.29) is 75.5 Å². The van der Waals surface area contributed by atoms with Gasteiger partial charge < -0.3 is 44.7 Å². The number of hydrogen-bond donors (Lipinski definition) is 2. The zero-order valence-electron chi connectivity index (χ0n) is 10.5. The van der Waals surface area contributed by atoms with E-state index in [1.54, 1.807) is 0 Å². The van der Waals surface area contributed by atoms with Crippen LogP contribution in [0.5, 0.6) is 0 Å². The van der Waals surface area contributed by atoms with Gasteiger partial charge >= 0.3 is 84.2 Å². The van der Waals surface area contributed by atoms with Crippen LogP contribution in [0, 0.1) is 0 Å². The van der Waals surface area contributed by atoms with Gasteiger partial charge in [-0.25, -0.2) is 0 Å². The van der Waals surface area contributed by atoms with Crippen LogP contribution in [0.4, 0.5) is 0 Å². The van der Waals surface area contributed by atoms with Crippen LogP contribution in [0.15, 0.2) is 0 Å². The van der Waals surface area contributed by atoms with Gasteiger partial charge in [0, 0.05) is 31.3 Å². The first-order valence-corrected chi connectivity index (χ1v) is 4.87. The summed E-state index contributed by atoms with van der Waals surface area (Å²) in [4.78, 5) is 45.3. The van der Waals surface area contributed by atoms with Gasteiger partial charge in [-0.05, 0) is 4.57 Å². The second kappa shape index (κ2) is 20.4. The number of carboxylic acids is 3. The first-order chi connectivity index (χ1) is 8.60. The Bertz CT molecular complexity index is 313. The number of rotatable bonds is 5. The van der Waals surface area contributed by atoms with Crippen LogP contribution in [0.25, 0.3) is 0 Å². The van der Waals surface area contributed by atoms with E-state index in [0.717, 1.165) is 0 Å². The summed E-state index contributed by atoms with van der Waals surface area (Å²) in [6, 6.07) is 0. The number of carbonyl (C=O) groups is 4. The molecular weight excluding hydrogens is 371 g/mol. The summed E-state index contributed by atoms with van der Waals surface area (Å²) in [5.74, 6) is -5.98. The summed E-state index contributed by atoms with van der Waals surface area (Å²) >= 11 is 0. The van der Waals surface area contributed by atoms with E-state index < -0.39 is 51.5 Å². The second-order valence-corrected chi connectivity index (χ2v) is 2.79. The summed E-state index contributed by atoms with van der Waals surface area (Å²) in [7, 11) is -1.17. The van der Waals surface area contributed by atoms with Crippen LogP contribution in [-0.4, -0.2) is 115 Å². The van der Waals surface area contributed by atoms with Gasteiger partial charge in [-0.15, -0.1) is 0 Å². The summed E-state index contributed by atoms with van der Waals surface area (Å²) in [5, 5.41) is 47.2. The van der Waals surface area contributed by atoms with Gasteiger partial charge in [0.2, 0.25) is 0 Å². The third-order valence-corrected chi connectivity index (χ3v) is 1.25. The first kappa shape index (κ1) is 33.1. The molecule has 0 saturated heterocycles. The molecule has 2 N–H and O–H groups in total. The molecule has 11 nitrogen and oxygen atoms in total. The normalized spacial score (nSPS) is 8.29. The number of carboxylic acid groups (broad SMARTS) is 4. The molecule has 0 aromatic carbocycles. The van der Waals surface area contributed by atoms with E-state index in [4.69, 9.17) is 24.5 Å². The van der Waals surface area contributed by atoms with E-state index in [1.807, 2.05) is 0 Å². The smallest absolute Gasteiger partial charge is 0.554 e. The van der Waals surface area contributed by atoms with Gasteiger partial charge in [-0.2, -0.15) is 4.89 Å². The van der Waals surface area contributed by atoms with Gasteiger partial charge in [-0.1, -0.05) is 0 Å². The number of carbonyl (C=O) groups excluding carboxylic acids is 4. The van der Waals surface area contributed by atoms with Gasteiger partial charge in [0.1, 0.15) is 5.60 Å². The Labute approximate surface area is 179 Å². The minimum absolute atomic E-state index is 0. The summed E-state index contributed by atoms with van der Waals surface area (Å²) in [6.07, 6.45) is -2.72. The van der Waals surface area contributed by atoms with Crippen LogP contribution < -0.4 is 20.4 Å². The predicted octanol–water partition coefficient (Wildman–Crippen LogP) is -7.73. The molecule has 0 spiro atoms. The largest absolute Gasteiger partial charge is 2.00 e. The minimum atomic E-state index is -2.97. The van der Waals surface area contributed by atoms with Crippen LogP contribution in [0.3, 0.4) is 0 Å². The zero-order chi connectivity index (χ0) is 16.1. The monoisotopic (exact) mass is 379 g/mol. The molecule has 110 valence electrons. The molecule has 0 heterocycles. The molecule has 0 aromatic heterocycles. The molecule has 0 rings (SSSR count). The molecule has 0 aliphatic heterocycles. The molecule has 0 saturated carbocycles. The molecule has 0 aromatic rings. The van der Waals surface area contributed by atoms with Crippen LogP contribution >= 0.6 is 8.69 Å². The van der Waals surface area contributed by atoms with Crippen LogP contribution in [-0.2, 0) is 23.7 Å². The Morgan fingerprint density at radius 2 is 1.24 bits per heavy atom. The van der Waals surface area contributed by atoms with E-state index >= 15 is 0 Å². The van der Waals surface area contributed by atoms with Crippen molar-refractivity contribution < 1.29 is 54.2 Å². The molecule has 0 aliphatic rings. The first-order valence-electron chi connectivity index (χ1n) is 4.01. The molecule has 0 radical (unpaired) electrons. The fourth-order valence-corrected chi connectivity index (χ4v) is 0.684. The van der Waals surface area contributed by atoms with Crippen LogP contribution in [0.1, 0.15) is 12.8 Å². The van der Waals surface area contributed by atoms with Crippen molar-refractivity contribution in [2.45, 2.75) is 18.4 Å². The molecule has 1 unspecified atom stereocenters. The Morgan fingerprint density at radius 3 is 1.33 bits per heavy atom. The average molecular weight is 379 g/mol. The molecule has 0 fully saturated rings. The number of hydrogen-bond acceptors (Lipinski definition) is 10. The number of aliphatic hydroxyl groups is 1.